The largest absolute Gasteiger partial charge is 0.390 e. The van der Waals surface area contributed by atoms with Gasteiger partial charge in [0.1, 0.15) is 5.82 Å². The minimum Gasteiger partial charge on any atom is -0.390 e. The third-order valence-electron chi connectivity index (χ3n) is 4.49. The number of rotatable bonds is 1. The van der Waals surface area contributed by atoms with Gasteiger partial charge in [-0.15, -0.1) is 0 Å². The Morgan fingerprint density at radius 3 is 2.90 bits per heavy atom. The van der Waals surface area contributed by atoms with Gasteiger partial charge in [-0.25, -0.2) is 4.98 Å². The summed E-state index contributed by atoms with van der Waals surface area (Å²) < 4.78 is 5.92. The maximum absolute atomic E-state index is 10.3. The van der Waals surface area contributed by atoms with Crippen LogP contribution in [0.25, 0.3) is 0 Å². The highest BCUT2D eigenvalue weighted by Gasteiger charge is 2.43. The second kappa shape index (κ2) is 5.18. The van der Waals surface area contributed by atoms with Crippen molar-refractivity contribution < 1.29 is 9.84 Å². The topological polar surface area (TPSA) is 84.5 Å². The number of anilines is 2. The lowest BCUT2D eigenvalue weighted by atomic mass is 9.82. The number of aliphatic hydroxyl groups is 1. The van der Waals surface area contributed by atoms with Crippen LogP contribution in [0.4, 0.5) is 11.8 Å². The SMILES string of the molecule is Cc1cnc(N)nc1N1CCC2(CC1)OCCCC2O. The number of ether oxygens (including phenoxy) is 1. The molecule has 1 unspecified atom stereocenters. The molecule has 2 fully saturated rings. The summed E-state index contributed by atoms with van der Waals surface area (Å²) in [5.74, 6) is 1.21. The maximum atomic E-state index is 10.3. The van der Waals surface area contributed by atoms with Crippen LogP contribution >= 0.6 is 0 Å². The molecule has 2 aliphatic heterocycles. The minimum absolute atomic E-state index is 0.305. The molecule has 1 aromatic heterocycles. The van der Waals surface area contributed by atoms with Crippen LogP contribution in [0.1, 0.15) is 31.2 Å². The van der Waals surface area contributed by atoms with Gasteiger partial charge in [0.2, 0.25) is 5.95 Å². The van der Waals surface area contributed by atoms with Gasteiger partial charge in [-0.05, 0) is 32.6 Å². The molecule has 1 spiro atoms. The highest BCUT2D eigenvalue weighted by molar-refractivity contribution is 5.48. The lowest BCUT2D eigenvalue weighted by Crippen LogP contribution is -2.55. The van der Waals surface area contributed by atoms with E-state index in [4.69, 9.17) is 10.5 Å². The van der Waals surface area contributed by atoms with Crippen LogP contribution in [0.5, 0.6) is 0 Å². The molecule has 2 aliphatic rings. The standard InChI is InChI=1S/C14H22N4O2/c1-10-9-16-13(15)17-12(10)18-6-4-14(5-7-18)11(19)3-2-8-20-14/h9,11,19H,2-8H2,1H3,(H2,15,16,17). The van der Waals surface area contributed by atoms with E-state index in [0.717, 1.165) is 56.8 Å². The molecule has 1 aromatic rings. The van der Waals surface area contributed by atoms with E-state index >= 15 is 0 Å². The summed E-state index contributed by atoms with van der Waals surface area (Å²) in [5.41, 5.74) is 6.36. The van der Waals surface area contributed by atoms with Crippen LogP contribution in [0, 0.1) is 6.92 Å². The Bertz CT molecular complexity index is 486. The highest BCUT2D eigenvalue weighted by atomic mass is 16.5. The van der Waals surface area contributed by atoms with Crippen molar-refractivity contribution in [2.75, 3.05) is 30.3 Å². The number of nitrogens with two attached hydrogens (primary N) is 1. The van der Waals surface area contributed by atoms with E-state index in [1.54, 1.807) is 6.20 Å². The molecule has 3 heterocycles. The van der Waals surface area contributed by atoms with E-state index in [1.165, 1.54) is 0 Å². The Balaban J connectivity index is 1.73. The highest BCUT2D eigenvalue weighted by Crippen LogP contribution is 2.36. The average molecular weight is 278 g/mol. The molecule has 0 aliphatic carbocycles. The van der Waals surface area contributed by atoms with Crippen LogP contribution in [-0.4, -0.2) is 46.5 Å². The van der Waals surface area contributed by atoms with Crippen LogP contribution < -0.4 is 10.6 Å². The molecule has 6 nitrogen and oxygen atoms in total. The molecule has 2 saturated heterocycles. The second-order valence-corrected chi connectivity index (χ2v) is 5.79. The van der Waals surface area contributed by atoms with Crippen molar-refractivity contribution in [1.29, 1.82) is 0 Å². The Hall–Kier alpha value is -1.40. The number of hydrogen-bond donors (Lipinski definition) is 2. The smallest absolute Gasteiger partial charge is 0.221 e. The predicted molar refractivity (Wildman–Crippen MR) is 76.6 cm³/mol. The number of hydrogen-bond acceptors (Lipinski definition) is 6. The van der Waals surface area contributed by atoms with Gasteiger partial charge >= 0.3 is 0 Å². The van der Waals surface area contributed by atoms with Crippen molar-refractivity contribution in [3.63, 3.8) is 0 Å². The van der Waals surface area contributed by atoms with E-state index in [2.05, 4.69) is 14.9 Å². The second-order valence-electron chi connectivity index (χ2n) is 5.79. The van der Waals surface area contributed by atoms with E-state index < -0.39 is 0 Å². The van der Waals surface area contributed by atoms with Crippen LogP contribution in [-0.2, 0) is 4.74 Å². The molecule has 20 heavy (non-hydrogen) atoms. The first kappa shape index (κ1) is 13.6. The van der Waals surface area contributed by atoms with E-state index in [9.17, 15) is 5.11 Å². The first-order chi connectivity index (χ1) is 9.61. The molecule has 1 atom stereocenters. The van der Waals surface area contributed by atoms with E-state index in [1.807, 2.05) is 6.92 Å². The van der Waals surface area contributed by atoms with Gasteiger partial charge in [-0.2, -0.15) is 4.98 Å². The monoisotopic (exact) mass is 278 g/mol. The molecule has 0 aromatic carbocycles. The number of nitrogen functional groups attached to an aromatic ring is 1. The summed E-state index contributed by atoms with van der Waals surface area (Å²) in [6.45, 7) is 4.41. The van der Waals surface area contributed by atoms with Crippen molar-refractivity contribution in [2.24, 2.45) is 0 Å². The van der Waals surface area contributed by atoms with Gasteiger partial charge in [-0.1, -0.05) is 0 Å². The third kappa shape index (κ3) is 2.33. The zero-order valence-electron chi connectivity index (χ0n) is 11.9. The van der Waals surface area contributed by atoms with Gasteiger partial charge in [0.05, 0.1) is 11.7 Å². The fourth-order valence-corrected chi connectivity index (χ4v) is 3.25. The Morgan fingerprint density at radius 1 is 1.45 bits per heavy atom. The molecule has 0 radical (unpaired) electrons. The first-order valence-electron chi connectivity index (χ1n) is 7.27. The number of aliphatic hydroxyl groups excluding tert-OH is 1. The van der Waals surface area contributed by atoms with Crippen molar-refractivity contribution in [3.05, 3.63) is 11.8 Å². The van der Waals surface area contributed by atoms with Crippen LogP contribution in [0.15, 0.2) is 6.20 Å². The first-order valence-corrected chi connectivity index (χ1v) is 7.27. The predicted octanol–water partition coefficient (Wildman–Crippen LogP) is 0.878. The zero-order valence-corrected chi connectivity index (χ0v) is 11.9. The summed E-state index contributed by atoms with van der Waals surface area (Å²) in [4.78, 5) is 10.6. The molecule has 3 N–H and O–H groups in total. The minimum atomic E-state index is -0.346. The quantitative estimate of drug-likeness (QED) is 0.793. The lowest BCUT2D eigenvalue weighted by Gasteiger charge is -2.47. The van der Waals surface area contributed by atoms with Crippen molar-refractivity contribution in [1.82, 2.24) is 9.97 Å². The maximum Gasteiger partial charge on any atom is 0.221 e. The Kier molecular flexibility index (Phi) is 3.52. The van der Waals surface area contributed by atoms with Crippen molar-refractivity contribution >= 4 is 11.8 Å². The molecule has 3 rings (SSSR count). The van der Waals surface area contributed by atoms with Crippen molar-refractivity contribution in [3.8, 4) is 0 Å². The Morgan fingerprint density at radius 2 is 2.20 bits per heavy atom. The Labute approximate surface area is 119 Å². The molecule has 110 valence electrons. The number of piperidine rings is 1. The third-order valence-corrected chi connectivity index (χ3v) is 4.49. The van der Waals surface area contributed by atoms with Gasteiger partial charge in [0.25, 0.3) is 0 Å². The molecular weight excluding hydrogens is 256 g/mol. The zero-order chi connectivity index (χ0) is 14.2. The van der Waals surface area contributed by atoms with Gasteiger partial charge in [0.15, 0.2) is 0 Å². The number of nitrogens with zero attached hydrogens (tertiary/aromatic N) is 3. The molecular formula is C14H22N4O2. The van der Waals surface area contributed by atoms with E-state index in [0.29, 0.717) is 5.95 Å². The van der Waals surface area contributed by atoms with Gasteiger partial charge in [0, 0.05) is 31.5 Å². The summed E-state index contributed by atoms with van der Waals surface area (Å²) in [6, 6.07) is 0. The van der Waals surface area contributed by atoms with Gasteiger partial charge < -0.3 is 20.5 Å². The lowest BCUT2D eigenvalue weighted by molar-refractivity contribution is -0.164. The van der Waals surface area contributed by atoms with Crippen LogP contribution in [0.2, 0.25) is 0 Å². The fourth-order valence-electron chi connectivity index (χ4n) is 3.25. The molecule has 6 heteroatoms. The molecule has 0 amide bonds. The summed E-state index contributed by atoms with van der Waals surface area (Å²) in [6.07, 6.45) is 4.88. The fraction of sp³-hybridized carbons (Fsp3) is 0.714. The molecule has 0 saturated carbocycles. The molecule has 0 bridgehead atoms. The van der Waals surface area contributed by atoms with Gasteiger partial charge in [-0.3, -0.25) is 0 Å². The summed E-state index contributed by atoms with van der Waals surface area (Å²) in [5, 5.41) is 10.3. The number of aryl methyl sites for hydroxylation is 1. The normalized spacial score (nSPS) is 25.9. The van der Waals surface area contributed by atoms with E-state index in [-0.39, 0.29) is 11.7 Å². The van der Waals surface area contributed by atoms with Crippen LogP contribution in [0.3, 0.4) is 0 Å². The summed E-state index contributed by atoms with van der Waals surface area (Å²) in [7, 11) is 0. The average Bonchev–Trinajstić information content (AvgIpc) is 2.46. The summed E-state index contributed by atoms with van der Waals surface area (Å²) >= 11 is 0. The van der Waals surface area contributed by atoms with Crippen molar-refractivity contribution in [2.45, 2.75) is 44.3 Å². The number of aromatic nitrogens is 2.